The first-order valence-corrected chi connectivity index (χ1v) is 7.91. The van der Waals surface area contributed by atoms with Gasteiger partial charge in [0, 0.05) is 23.7 Å². The Morgan fingerprint density at radius 2 is 1.96 bits per heavy atom. The lowest BCUT2D eigenvalue weighted by atomic mass is 9.95. The number of hydrogen-bond acceptors (Lipinski definition) is 5. The van der Waals surface area contributed by atoms with Gasteiger partial charge in [-0.25, -0.2) is 9.78 Å². The molecule has 2 rings (SSSR count). The van der Waals surface area contributed by atoms with Crippen LogP contribution in [0.1, 0.15) is 35.0 Å². The molecule has 0 bridgehead atoms. The van der Waals surface area contributed by atoms with Gasteiger partial charge in [-0.2, -0.15) is 0 Å². The summed E-state index contributed by atoms with van der Waals surface area (Å²) in [7, 11) is 1.38. The van der Waals surface area contributed by atoms with Crippen molar-refractivity contribution >= 4 is 5.97 Å². The molecule has 0 aliphatic carbocycles. The largest absolute Gasteiger partial charge is 0.478 e. The van der Waals surface area contributed by atoms with Gasteiger partial charge in [-0.15, -0.1) is 0 Å². The third-order valence-electron chi connectivity index (χ3n) is 3.88. The number of benzene rings is 1. The molecule has 0 saturated heterocycles. The SMILES string of the molecule is COC(=O)c1cccc(-c2ccc(OCC[C@H](C)O)nc2C)c1C. The molecule has 0 saturated carbocycles. The molecule has 0 aliphatic rings. The van der Waals surface area contributed by atoms with Crippen molar-refractivity contribution in [1.29, 1.82) is 0 Å². The maximum atomic E-state index is 11.9. The lowest BCUT2D eigenvalue weighted by Gasteiger charge is -2.13. The summed E-state index contributed by atoms with van der Waals surface area (Å²) in [6.07, 6.45) is 0.164. The molecule has 2 aromatic rings. The fourth-order valence-corrected chi connectivity index (χ4v) is 2.50. The second-order valence-electron chi connectivity index (χ2n) is 5.74. The molecule has 1 heterocycles. The maximum Gasteiger partial charge on any atom is 0.338 e. The third kappa shape index (κ3) is 4.11. The van der Waals surface area contributed by atoms with E-state index in [-0.39, 0.29) is 5.97 Å². The summed E-state index contributed by atoms with van der Waals surface area (Å²) in [4.78, 5) is 16.3. The van der Waals surface area contributed by atoms with E-state index < -0.39 is 6.10 Å². The Labute approximate surface area is 142 Å². The van der Waals surface area contributed by atoms with E-state index in [0.29, 0.717) is 24.5 Å². The molecule has 0 unspecified atom stereocenters. The Morgan fingerprint density at radius 1 is 1.21 bits per heavy atom. The van der Waals surface area contributed by atoms with Crippen LogP contribution in [-0.2, 0) is 4.74 Å². The summed E-state index contributed by atoms with van der Waals surface area (Å²) in [5, 5.41) is 9.26. The van der Waals surface area contributed by atoms with Gasteiger partial charge < -0.3 is 14.6 Å². The van der Waals surface area contributed by atoms with Crippen molar-refractivity contribution in [1.82, 2.24) is 4.98 Å². The molecule has 1 N–H and O–H groups in total. The second-order valence-corrected chi connectivity index (χ2v) is 5.74. The standard InChI is InChI=1S/C19H23NO4/c1-12(21)10-11-24-18-9-8-17(14(3)20-18)15-6-5-7-16(13(15)2)19(22)23-4/h5-9,12,21H,10-11H2,1-4H3/t12-/m0/s1. The summed E-state index contributed by atoms with van der Waals surface area (Å²) in [5.41, 5.74) is 4.11. The van der Waals surface area contributed by atoms with E-state index in [1.807, 2.05) is 32.0 Å². The Hall–Kier alpha value is -2.40. The number of methoxy groups -OCH3 is 1. The minimum Gasteiger partial charge on any atom is -0.478 e. The lowest BCUT2D eigenvalue weighted by molar-refractivity contribution is 0.0600. The molecule has 0 spiro atoms. The van der Waals surface area contributed by atoms with Crippen molar-refractivity contribution in [2.45, 2.75) is 33.3 Å². The number of pyridine rings is 1. The highest BCUT2D eigenvalue weighted by molar-refractivity contribution is 5.93. The number of hydrogen-bond donors (Lipinski definition) is 1. The van der Waals surface area contributed by atoms with Crippen LogP contribution in [0, 0.1) is 13.8 Å². The van der Waals surface area contributed by atoms with Crippen LogP contribution >= 0.6 is 0 Å². The number of ether oxygens (including phenoxy) is 2. The zero-order valence-electron chi connectivity index (χ0n) is 14.5. The molecular weight excluding hydrogens is 306 g/mol. The van der Waals surface area contributed by atoms with Crippen molar-refractivity contribution in [3.63, 3.8) is 0 Å². The van der Waals surface area contributed by atoms with Gasteiger partial charge in [-0.05, 0) is 44.0 Å². The predicted molar refractivity (Wildman–Crippen MR) is 92.3 cm³/mol. The fourth-order valence-electron chi connectivity index (χ4n) is 2.50. The van der Waals surface area contributed by atoms with Crippen molar-refractivity contribution in [3.05, 3.63) is 47.2 Å². The van der Waals surface area contributed by atoms with E-state index in [0.717, 1.165) is 22.4 Å². The molecule has 0 fully saturated rings. The molecular formula is C19H23NO4. The Bertz CT molecular complexity index is 725. The summed E-state index contributed by atoms with van der Waals surface area (Å²) < 4.78 is 10.4. The average molecular weight is 329 g/mol. The zero-order valence-corrected chi connectivity index (χ0v) is 14.5. The van der Waals surface area contributed by atoms with E-state index in [2.05, 4.69) is 4.98 Å². The van der Waals surface area contributed by atoms with Gasteiger partial charge in [0.2, 0.25) is 5.88 Å². The van der Waals surface area contributed by atoms with Crippen LogP contribution in [-0.4, -0.2) is 35.9 Å². The monoisotopic (exact) mass is 329 g/mol. The van der Waals surface area contributed by atoms with Crippen LogP contribution in [0.3, 0.4) is 0 Å². The normalized spacial score (nSPS) is 11.9. The quantitative estimate of drug-likeness (QED) is 0.824. The smallest absolute Gasteiger partial charge is 0.338 e. The fraction of sp³-hybridized carbons (Fsp3) is 0.368. The van der Waals surface area contributed by atoms with Crippen LogP contribution in [0.2, 0.25) is 0 Å². The highest BCUT2D eigenvalue weighted by Gasteiger charge is 2.14. The first-order valence-electron chi connectivity index (χ1n) is 7.91. The molecule has 0 radical (unpaired) electrons. The number of esters is 1. The Kier molecular flexibility index (Phi) is 5.93. The maximum absolute atomic E-state index is 11.9. The summed E-state index contributed by atoms with van der Waals surface area (Å²) in [6, 6.07) is 9.28. The summed E-state index contributed by atoms with van der Waals surface area (Å²) in [5.74, 6) is 0.178. The van der Waals surface area contributed by atoms with Crippen LogP contribution in [0.15, 0.2) is 30.3 Å². The van der Waals surface area contributed by atoms with Gasteiger partial charge in [0.1, 0.15) is 0 Å². The topological polar surface area (TPSA) is 68.7 Å². The molecule has 1 aromatic carbocycles. The predicted octanol–water partition coefficient (Wildman–Crippen LogP) is 3.30. The highest BCUT2D eigenvalue weighted by atomic mass is 16.5. The molecule has 0 amide bonds. The molecule has 128 valence electrons. The molecule has 1 aromatic heterocycles. The van der Waals surface area contributed by atoms with Crippen LogP contribution in [0.25, 0.3) is 11.1 Å². The van der Waals surface area contributed by atoms with E-state index in [9.17, 15) is 9.90 Å². The molecule has 5 heteroatoms. The van der Waals surface area contributed by atoms with Gasteiger partial charge in [0.15, 0.2) is 0 Å². The van der Waals surface area contributed by atoms with Crippen molar-refractivity contribution < 1.29 is 19.4 Å². The number of aryl methyl sites for hydroxylation is 1. The van der Waals surface area contributed by atoms with Gasteiger partial charge in [0.25, 0.3) is 0 Å². The lowest BCUT2D eigenvalue weighted by Crippen LogP contribution is -2.08. The highest BCUT2D eigenvalue weighted by Crippen LogP contribution is 2.29. The number of carbonyl (C=O) groups is 1. The van der Waals surface area contributed by atoms with Crippen molar-refractivity contribution in [3.8, 4) is 17.0 Å². The third-order valence-corrected chi connectivity index (χ3v) is 3.88. The summed E-state index contributed by atoms with van der Waals surface area (Å²) in [6.45, 7) is 5.94. The first kappa shape index (κ1) is 17.9. The minimum atomic E-state index is -0.394. The van der Waals surface area contributed by atoms with E-state index >= 15 is 0 Å². The van der Waals surface area contributed by atoms with E-state index in [1.54, 1.807) is 19.1 Å². The van der Waals surface area contributed by atoms with Crippen molar-refractivity contribution in [2.75, 3.05) is 13.7 Å². The summed E-state index contributed by atoms with van der Waals surface area (Å²) >= 11 is 0. The van der Waals surface area contributed by atoms with Crippen molar-refractivity contribution in [2.24, 2.45) is 0 Å². The second kappa shape index (κ2) is 7.93. The number of aliphatic hydroxyl groups excluding tert-OH is 1. The molecule has 24 heavy (non-hydrogen) atoms. The minimum absolute atomic E-state index is 0.349. The van der Waals surface area contributed by atoms with Gasteiger partial charge in [-0.1, -0.05) is 12.1 Å². The van der Waals surface area contributed by atoms with Gasteiger partial charge >= 0.3 is 5.97 Å². The van der Waals surface area contributed by atoms with Gasteiger partial charge in [0.05, 0.1) is 25.4 Å². The Morgan fingerprint density at radius 3 is 2.58 bits per heavy atom. The van der Waals surface area contributed by atoms with Crippen LogP contribution < -0.4 is 4.74 Å². The number of aliphatic hydroxyl groups is 1. The number of carbonyl (C=O) groups excluding carboxylic acids is 1. The number of aromatic nitrogens is 1. The van der Waals surface area contributed by atoms with Crippen LogP contribution in [0.4, 0.5) is 0 Å². The van der Waals surface area contributed by atoms with Crippen LogP contribution in [0.5, 0.6) is 5.88 Å². The van der Waals surface area contributed by atoms with Gasteiger partial charge in [-0.3, -0.25) is 0 Å². The molecule has 0 aliphatic heterocycles. The zero-order chi connectivity index (χ0) is 17.7. The Balaban J connectivity index is 2.28. The number of rotatable bonds is 6. The first-order chi connectivity index (χ1) is 11.4. The molecule has 1 atom stereocenters. The number of nitrogens with zero attached hydrogens (tertiary/aromatic N) is 1. The van der Waals surface area contributed by atoms with E-state index in [1.165, 1.54) is 7.11 Å². The average Bonchev–Trinajstić information content (AvgIpc) is 2.55. The van der Waals surface area contributed by atoms with E-state index in [4.69, 9.17) is 9.47 Å². The molecule has 5 nitrogen and oxygen atoms in total.